The van der Waals surface area contributed by atoms with Crippen molar-refractivity contribution in [3.63, 3.8) is 0 Å². The molecule has 0 atom stereocenters. The van der Waals surface area contributed by atoms with E-state index < -0.39 is 0 Å². The van der Waals surface area contributed by atoms with Crippen molar-refractivity contribution in [2.45, 2.75) is 51.1 Å². The minimum Gasteiger partial charge on any atom is -0.316 e. The second kappa shape index (κ2) is 7.21. The largest absolute Gasteiger partial charge is 0.316 e. The van der Waals surface area contributed by atoms with E-state index in [0.29, 0.717) is 0 Å². The molecular formula is C11H25N3. The van der Waals surface area contributed by atoms with Gasteiger partial charge in [0.25, 0.3) is 0 Å². The highest BCUT2D eigenvalue weighted by Crippen LogP contribution is 2.10. The fraction of sp³-hybridized carbons (Fsp3) is 1.00. The molecule has 0 unspecified atom stereocenters. The smallest absolute Gasteiger partial charge is 0.0520 e. The van der Waals surface area contributed by atoms with Gasteiger partial charge in [0.05, 0.1) is 6.17 Å². The Labute approximate surface area is 87.8 Å². The monoisotopic (exact) mass is 199 g/mol. The molecule has 0 aromatic heterocycles. The van der Waals surface area contributed by atoms with E-state index in [9.17, 15) is 0 Å². The normalized spacial score (nSPS) is 19.1. The van der Waals surface area contributed by atoms with Crippen LogP contribution in [0.3, 0.4) is 0 Å². The molecule has 0 aromatic carbocycles. The predicted molar refractivity (Wildman–Crippen MR) is 60.9 cm³/mol. The van der Waals surface area contributed by atoms with E-state index in [1.165, 1.54) is 58.2 Å². The predicted octanol–water partition coefficient (Wildman–Crippen LogP) is 1.28. The molecular weight excluding hydrogens is 174 g/mol. The van der Waals surface area contributed by atoms with Crippen LogP contribution < -0.4 is 11.5 Å². The highest BCUT2D eigenvalue weighted by Gasteiger charge is 2.08. The molecule has 4 N–H and O–H groups in total. The van der Waals surface area contributed by atoms with Gasteiger partial charge in [-0.05, 0) is 45.3 Å². The van der Waals surface area contributed by atoms with Crippen LogP contribution in [0.2, 0.25) is 0 Å². The molecule has 0 spiro atoms. The number of nitrogens with zero attached hydrogens (tertiary/aromatic N) is 1. The van der Waals surface area contributed by atoms with E-state index in [1.54, 1.807) is 0 Å². The van der Waals surface area contributed by atoms with Gasteiger partial charge in [-0.3, -0.25) is 0 Å². The number of hydrogen-bond acceptors (Lipinski definition) is 3. The molecule has 1 heterocycles. The summed E-state index contributed by atoms with van der Waals surface area (Å²) in [4.78, 5) is 2.59. The molecule has 1 saturated heterocycles. The quantitative estimate of drug-likeness (QED) is 0.500. The third-order valence-corrected chi connectivity index (χ3v) is 2.96. The van der Waals surface area contributed by atoms with Crippen molar-refractivity contribution in [1.29, 1.82) is 0 Å². The Balaban J connectivity index is 1.87. The molecule has 1 fully saturated rings. The van der Waals surface area contributed by atoms with Crippen molar-refractivity contribution in [2.24, 2.45) is 11.5 Å². The summed E-state index contributed by atoms with van der Waals surface area (Å²) < 4.78 is 0. The standard InChI is InChI=1S/C11H25N3/c12-11(13)7-3-1-4-8-14-9-5-2-6-10-14/h11H,1-10,12-13H2. The first-order valence-corrected chi connectivity index (χ1v) is 6.02. The first-order valence-electron chi connectivity index (χ1n) is 6.02. The highest BCUT2D eigenvalue weighted by molar-refractivity contribution is 4.64. The van der Waals surface area contributed by atoms with Crippen molar-refractivity contribution in [1.82, 2.24) is 4.90 Å². The number of likely N-dealkylation sites (tertiary alicyclic amines) is 1. The molecule has 84 valence electrons. The van der Waals surface area contributed by atoms with Crippen LogP contribution in [0.5, 0.6) is 0 Å². The highest BCUT2D eigenvalue weighted by atomic mass is 15.1. The van der Waals surface area contributed by atoms with Crippen molar-refractivity contribution < 1.29 is 0 Å². The molecule has 3 heteroatoms. The molecule has 0 bridgehead atoms. The lowest BCUT2D eigenvalue weighted by Gasteiger charge is -2.26. The van der Waals surface area contributed by atoms with Crippen molar-refractivity contribution in [3.8, 4) is 0 Å². The average molecular weight is 199 g/mol. The van der Waals surface area contributed by atoms with Gasteiger partial charge in [0.2, 0.25) is 0 Å². The zero-order valence-electron chi connectivity index (χ0n) is 9.25. The fourth-order valence-corrected chi connectivity index (χ4v) is 2.08. The summed E-state index contributed by atoms with van der Waals surface area (Å²) in [5, 5.41) is 0. The van der Waals surface area contributed by atoms with Crippen LogP contribution in [-0.2, 0) is 0 Å². The van der Waals surface area contributed by atoms with Gasteiger partial charge in [-0.25, -0.2) is 0 Å². The van der Waals surface area contributed by atoms with E-state index in [4.69, 9.17) is 11.5 Å². The molecule has 0 aliphatic carbocycles. The van der Waals surface area contributed by atoms with Crippen LogP contribution in [0.1, 0.15) is 44.9 Å². The van der Waals surface area contributed by atoms with Crippen LogP contribution in [0.15, 0.2) is 0 Å². The summed E-state index contributed by atoms with van der Waals surface area (Å²) >= 11 is 0. The first-order chi connectivity index (χ1) is 6.79. The second-order valence-electron chi connectivity index (χ2n) is 4.42. The number of unbranched alkanes of at least 4 members (excludes halogenated alkanes) is 2. The lowest BCUT2D eigenvalue weighted by molar-refractivity contribution is 0.224. The Bertz CT molecular complexity index is 130. The molecule has 0 aromatic rings. The van der Waals surface area contributed by atoms with Crippen LogP contribution in [-0.4, -0.2) is 30.7 Å². The Morgan fingerprint density at radius 3 is 2.29 bits per heavy atom. The molecule has 3 nitrogen and oxygen atoms in total. The Kier molecular flexibility index (Phi) is 6.15. The topological polar surface area (TPSA) is 55.3 Å². The van der Waals surface area contributed by atoms with Gasteiger partial charge in [0.15, 0.2) is 0 Å². The molecule has 1 rings (SSSR count). The molecule has 1 aliphatic rings. The minimum absolute atomic E-state index is 0.106. The van der Waals surface area contributed by atoms with Gasteiger partial charge in [-0.2, -0.15) is 0 Å². The van der Waals surface area contributed by atoms with Gasteiger partial charge >= 0.3 is 0 Å². The Morgan fingerprint density at radius 2 is 1.64 bits per heavy atom. The van der Waals surface area contributed by atoms with Crippen molar-refractivity contribution in [2.75, 3.05) is 19.6 Å². The maximum atomic E-state index is 5.48. The summed E-state index contributed by atoms with van der Waals surface area (Å²) in [7, 11) is 0. The average Bonchev–Trinajstić information content (AvgIpc) is 2.18. The maximum Gasteiger partial charge on any atom is 0.0520 e. The van der Waals surface area contributed by atoms with Gasteiger partial charge in [-0.1, -0.05) is 19.3 Å². The van der Waals surface area contributed by atoms with E-state index >= 15 is 0 Å². The first kappa shape index (κ1) is 12.0. The zero-order chi connectivity index (χ0) is 10.2. The minimum atomic E-state index is -0.106. The number of hydrogen-bond donors (Lipinski definition) is 2. The van der Waals surface area contributed by atoms with Crippen LogP contribution >= 0.6 is 0 Å². The van der Waals surface area contributed by atoms with Crippen molar-refractivity contribution >= 4 is 0 Å². The third kappa shape index (κ3) is 5.58. The van der Waals surface area contributed by atoms with Gasteiger partial charge in [0.1, 0.15) is 0 Å². The van der Waals surface area contributed by atoms with E-state index in [-0.39, 0.29) is 6.17 Å². The maximum absolute atomic E-state index is 5.48. The Hall–Kier alpha value is -0.120. The fourth-order valence-electron chi connectivity index (χ4n) is 2.08. The van der Waals surface area contributed by atoms with E-state index in [0.717, 1.165) is 6.42 Å². The molecule has 0 saturated carbocycles. The summed E-state index contributed by atoms with van der Waals surface area (Å²) in [5.74, 6) is 0. The third-order valence-electron chi connectivity index (χ3n) is 2.96. The summed E-state index contributed by atoms with van der Waals surface area (Å²) in [6.07, 6.45) is 8.87. The SMILES string of the molecule is NC(N)CCCCCN1CCCCC1. The second-order valence-corrected chi connectivity index (χ2v) is 4.42. The van der Waals surface area contributed by atoms with Crippen molar-refractivity contribution in [3.05, 3.63) is 0 Å². The molecule has 1 aliphatic heterocycles. The number of rotatable bonds is 6. The van der Waals surface area contributed by atoms with Gasteiger partial charge in [0, 0.05) is 0 Å². The Morgan fingerprint density at radius 1 is 0.929 bits per heavy atom. The zero-order valence-corrected chi connectivity index (χ0v) is 9.25. The summed E-state index contributed by atoms with van der Waals surface area (Å²) in [6.45, 7) is 3.91. The van der Waals surface area contributed by atoms with E-state index in [1.807, 2.05) is 0 Å². The van der Waals surface area contributed by atoms with Crippen LogP contribution in [0.25, 0.3) is 0 Å². The lowest BCUT2D eigenvalue weighted by Crippen LogP contribution is -2.31. The van der Waals surface area contributed by atoms with Gasteiger partial charge < -0.3 is 16.4 Å². The van der Waals surface area contributed by atoms with E-state index in [2.05, 4.69) is 4.90 Å². The van der Waals surface area contributed by atoms with Crippen LogP contribution in [0, 0.1) is 0 Å². The molecule has 0 radical (unpaired) electrons. The number of nitrogens with two attached hydrogens (primary N) is 2. The van der Waals surface area contributed by atoms with Gasteiger partial charge in [-0.15, -0.1) is 0 Å². The van der Waals surface area contributed by atoms with Crippen LogP contribution in [0.4, 0.5) is 0 Å². The number of piperidine rings is 1. The summed E-state index contributed by atoms with van der Waals surface area (Å²) in [5.41, 5.74) is 11.0. The summed E-state index contributed by atoms with van der Waals surface area (Å²) in [6, 6.07) is 0. The molecule has 14 heavy (non-hydrogen) atoms. The molecule has 0 amide bonds. The lowest BCUT2D eigenvalue weighted by atomic mass is 10.1.